The highest BCUT2D eigenvalue weighted by molar-refractivity contribution is 7.95. The van der Waals surface area contributed by atoms with E-state index >= 15 is 0 Å². The minimum Gasteiger partial charge on any atom is -0.396 e. The quantitative estimate of drug-likeness (QED) is 0.825. The third-order valence-corrected chi connectivity index (χ3v) is 4.56. The fraction of sp³-hybridized carbons (Fsp3) is 0.273. The van der Waals surface area contributed by atoms with Crippen LogP contribution >= 0.6 is 0 Å². The van der Waals surface area contributed by atoms with Gasteiger partial charge in [0.15, 0.2) is 0 Å². The van der Waals surface area contributed by atoms with Gasteiger partial charge in [-0.1, -0.05) is 18.2 Å². The fourth-order valence-electron chi connectivity index (χ4n) is 1.82. The molecule has 0 amide bonds. The molecule has 0 unspecified atom stereocenters. The molecule has 0 fully saturated rings. The van der Waals surface area contributed by atoms with Gasteiger partial charge in [-0.25, -0.2) is 8.42 Å². The van der Waals surface area contributed by atoms with Crippen LogP contribution in [0.4, 0.5) is 0 Å². The van der Waals surface area contributed by atoms with Crippen molar-refractivity contribution in [1.29, 1.82) is 0 Å². The van der Waals surface area contributed by atoms with E-state index in [9.17, 15) is 8.42 Å². The highest BCUT2D eigenvalue weighted by Gasteiger charge is 2.28. The molecule has 0 bridgehead atoms. The lowest BCUT2D eigenvalue weighted by Crippen LogP contribution is -2.04. The lowest BCUT2D eigenvalue weighted by Gasteiger charge is -2.06. The molecule has 1 aliphatic rings. The van der Waals surface area contributed by atoms with Gasteiger partial charge in [0.25, 0.3) is 0 Å². The van der Waals surface area contributed by atoms with Gasteiger partial charge < -0.3 is 5.11 Å². The Morgan fingerprint density at radius 2 is 2.07 bits per heavy atom. The molecule has 3 nitrogen and oxygen atoms in total. The van der Waals surface area contributed by atoms with Crippen LogP contribution in [0.3, 0.4) is 0 Å². The molecule has 0 aromatic heterocycles. The summed E-state index contributed by atoms with van der Waals surface area (Å²) in [5.74, 6) is 0. The molecule has 1 heterocycles. The maximum Gasteiger partial charge on any atom is 0.203 e. The van der Waals surface area contributed by atoms with Gasteiger partial charge in [0.05, 0.1) is 4.90 Å². The van der Waals surface area contributed by atoms with E-state index in [4.69, 9.17) is 5.11 Å². The second kappa shape index (κ2) is 3.47. The molecule has 80 valence electrons. The van der Waals surface area contributed by atoms with Crippen LogP contribution in [0.15, 0.2) is 28.0 Å². The van der Waals surface area contributed by atoms with Gasteiger partial charge >= 0.3 is 0 Å². The summed E-state index contributed by atoms with van der Waals surface area (Å²) in [6.07, 6.45) is 2.05. The van der Waals surface area contributed by atoms with Gasteiger partial charge in [0, 0.05) is 11.5 Å². The first-order chi connectivity index (χ1) is 7.07. The van der Waals surface area contributed by atoms with Gasteiger partial charge in [-0.2, -0.15) is 0 Å². The summed E-state index contributed by atoms with van der Waals surface area (Å²) in [6.45, 7) is 1.56. The van der Waals surface area contributed by atoms with Gasteiger partial charge in [-0.15, -0.1) is 0 Å². The van der Waals surface area contributed by atoms with E-state index < -0.39 is 9.84 Å². The minimum atomic E-state index is -3.29. The number of aliphatic hydroxyl groups is 1. The molecule has 0 radical (unpaired) electrons. The fourth-order valence-corrected chi connectivity index (χ4v) is 3.38. The maximum absolute atomic E-state index is 11.9. The molecule has 2 rings (SSSR count). The zero-order valence-corrected chi connectivity index (χ0v) is 9.21. The molecule has 15 heavy (non-hydrogen) atoms. The molecule has 4 heteroatoms. The molecule has 1 aliphatic heterocycles. The molecule has 0 saturated heterocycles. The van der Waals surface area contributed by atoms with Crippen molar-refractivity contribution in [3.63, 3.8) is 0 Å². The summed E-state index contributed by atoms with van der Waals surface area (Å²) < 4.78 is 23.9. The monoisotopic (exact) mass is 224 g/mol. The Bertz CT molecular complexity index is 527. The van der Waals surface area contributed by atoms with Crippen LogP contribution in [0.5, 0.6) is 0 Å². The van der Waals surface area contributed by atoms with Gasteiger partial charge in [-0.3, -0.25) is 0 Å². The predicted molar refractivity (Wildman–Crippen MR) is 58.1 cm³/mol. The molecule has 0 atom stereocenters. The Labute approximate surface area is 89.0 Å². The molecule has 0 spiro atoms. The van der Waals surface area contributed by atoms with Crippen LogP contribution in [0.25, 0.3) is 6.08 Å². The van der Waals surface area contributed by atoms with E-state index in [0.717, 1.165) is 5.56 Å². The Hall–Kier alpha value is -1.13. The van der Waals surface area contributed by atoms with Crippen molar-refractivity contribution < 1.29 is 13.5 Å². The molecule has 0 saturated carbocycles. The predicted octanol–water partition coefficient (Wildman–Crippen LogP) is 1.37. The number of sulfone groups is 1. The van der Waals surface area contributed by atoms with Gasteiger partial charge in [0.2, 0.25) is 9.84 Å². The van der Waals surface area contributed by atoms with Crippen molar-refractivity contribution in [2.45, 2.75) is 18.2 Å². The van der Waals surface area contributed by atoms with Crippen LogP contribution < -0.4 is 0 Å². The Kier molecular flexibility index (Phi) is 2.40. The Morgan fingerprint density at radius 1 is 1.33 bits per heavy atom. The second-order valence-corrected chi connectivity index (χ2v) is 5.63. The summed E-state index contributed by atoms with van der Waals surface area (Å²) in [6, 6.07) is 5.34. The zero-order valence-electron chi connectivity index (χ0n) is 8.40. The molecule has 0 aliphatic carbocycles. The van der Waals surface area contributed by atoms with Crippen LogP contribution in [-0.4, -0.2) is 20.1 Å². The first-order valence-corrected chi connectivity index (χ1v) is 6.22. The number of allylic oxidation sites excluding steroid dienone is 1. The average Bonchev–Trinajstić information content (AvgIpc) is 2.39. The highest BCUT2D eigenvalue weighted by Crippen LogP contribution is 2.34. The largest absolute Gasteiger partial charge is 0.396 e. The van der Waals surface area contributed by atoms with Crippen LogP contribution in [0.1, 0.15) is 18.1 Å². The number of hydrogen-bond acceptors (Lipinski definition) is 3. The van der Waals surface area contributed by atoms with E-state index in [0.29, 0.717) is 21.8 Å². The Balaban J connectivity index is 2.68. The average molecular weight is 224 g/mol. The summed E-state index contributed by atoms with van der Waals surface area (Å²) in [7, 11) is -3.29. The Morgan fingerprint density at radius 3 is 2.73 bits per heavy atom. The zero-order chi connectivity index (χ0) is 11.1. The van der Waals surface area contributed by atoms with Crippen molar-refractivity contribution in [3.8, 4) is 0 Å². The smallest absolute Gasteiger partial charge is 0.203 e. The molecule has 1 aromatic carbocycles. The standard InChI is InChI=1S/C11H12O3S/c1-8-7-10-4-2-3-9(5-6-12)11(10)15(8,13)14/h2-4,7,12H,5-6H2,1H3. The van der Waals surface area contributed by atoms with E-state index in [1.165, 1.54) is 0 Å². The van der Waals surface area contributed by atoms with Gasteiger partial charge in [-0.05, 0) is 30.5 Å². The summed E-state index contributed by atoms with van der Waals surface area (Å²) >= 11 is 0. The SMILES string of the molecule is CC1=Cc2cccc(CCO)c2S1(=O)=O. The molecule has 1 N–H and O–H groups in total. The molecular weight excluding hydrogens is 212 g/mol. The first-order valence-electron chi connectivity index (χ1n) is 4.73. The summed E-state index contributed by atoms with van der Waals surface area (Å²) in [5, 5.41) is 8.88. The van der Waals surface area contributed by atoms with Gasteiger partial charge in [0.1, 0.15) is 0 Å². The number of benzene rings is 1. The van der Waals surface area contributed by atoms with E-state index in [2.05, 4.69) is 0 Å². The number of hydrogen-bond donors (Lipinski definition) is 1. The lowest BCUT2D eigenvalue weighted by molar-refractivity contribution is 0.298. The molecule has 1 aromatic rings. The van der Waals surface area contributed by atoms with Crippen molar-refractivity contribution in [2.24, 2.45) is 0 Å². The van der Waals surface area contributed by atoms with Crippen molar-refractivity contribution in [1.82, 2.24) is 0 Å². The van der Waals surface area contributed by atoms with Crippen LogP contribution in [-0.2, 0) is 16.3 Å². The molecular formula is C11H12O3S. The second-order valence-electron chi connectivity index (χ2n) is 3.57. The maximum atomic E-state index is 11.9. The normalized spacial score (nSPS) is 17.3. The van der Waals surface area contributed by atoms with Crippen molar-refractivity contribution in [3.05, 3.63) is 34.2 Å². The number of aliphatic hydroxyl groups excluding tert-OH is 1. The highest BCUT2D eigenvalue weighted by atomic mass is 32.2. The number of rotatable bonds is 2. The van der Waals surface area contributed by atoms with E-state index in [1.54, 1.807) is 25.1 Å². The summed E-state index contributed by atoms with van der Waals surface area (Å²) in [5.41, 5.74) is 1.43. The van der Waals surface area contributed by atoms with E-state index in [-0.39, 0.29) is 6.61 Å². The van der Waals surface area contributed by atoms with Crippen LogP contribution in [0.2, 0.25) is 0 Å². The minimum absolute atomic E-state index is 0.0367. The number of fused-ring (bicyclic) bond motifs is 1. The third-order valence-electron chi connectivity index (χ3n) is 2.56. The van der Waals surface area contributed by atoms with Crippen LogP contribution in [0, 0.1) is 0 Å². The van der Waals surface area contributed by atoms with E-state index in [1.807, 2.05) is 6.07 Å². The van der Waals surface area contributed by atoms with Crippen molar-refractivity contribution in [2.75, 3.05) is 6.61 Å². The lowest BCUT2D eigenvalue weighted by atomic mass is 10.1. The summed E-state index contributed by atoms with van der Waals surface area (Å²) in [4.78, 5) is 0.749. The third kappa shape index (κ3) is 1.50. The first kappa shape index (κ1) is 10.4. The van der Waals surface area contributed by atoms with Crippen molar-refractivity contribution >= 4 is 15.9 Å². The topological polar surface area (TPSA) is 54.4 Å².